The third kappa shape index (κ3) is 4.88. The Labute approximate surface area is 202 Å². The molecule has 0 radical (unpaired) electrons. The maximum Gasteiger partial charge on any atom is 0.314 e. The lowest BCUT2D eigenvalue weighted by molar-refractivity contribution is 0.193. The first-order valence-corrected chi connectivity index (χ1v) is 11.8. The van der Waals surface area contributed by atoms with E-state index in [1.165, 1.54) is 17.7 Å². The van der Waals surface area contributed by atoms with Crippen molar-refractivity contribution >= 4 is 17.9 Å². The summed E-state index contributed by atoms with van der Waals surface area (Å²) in [6, 6.07) is 13.5. The van der Waals surface area contributed by atoms with Crippen LogP contribution in [0.4, 0.5) is 21.1 Å². The van der Waals surface area contributed by atoms with Crippen LogP contribution >= 0.6 is 0 Å². The lowest BCUT2D eigenvalue weighted by atomic mass is 9.93. The lowest BCUT2D eigenvalue weighted by Crippen LogP contribution is -2.45. The monoisotopic (exact) mass is 477 g/mol. The first kappa shape index (κ1) is 23.0. The first-order valence-electron chi connectivity index (χ1n) is 11.8. The van der Waals surface area contributed by atoms with Crippen LogP contribution in [0.2, 0.25) is 0 Å². The zero-order valence-corrected chi connectivity index (χ0v) is 19.3. The van der Waals surface area contributed by atoms with Gasteiger partial charge in [-0.05, 0) is 42.5 Å². The Morgan fingerprint density at radius 3 is 2.63 bits per heavy atom. The maximum atomic E-state index is 14.0. The fraction of sp³-hybridized carbons (Fsp3) is 0.360. The van der Waals surface area contributed by atoms with E-state index in [1.807, 2.05) is 23.1 Å². The molecule has 1 saturated heterocycles. The molecule has 5 rings (SSSR count). The molecule has 0 saturated carbocycles. The number of hydrogen-bond acceptors (Lipinski definition) is 7. The summed E-state index contributed by atoms with van der Waals surface area (Å²) in [4.78, 5) is 29.0. The summed E-state index contributed by atoms with van der Waals surface area (Å²) < 4.78 is 14.0. The molecule has 2 aromatic carbocycles. The number of piperidine rings is 1. The van der Waals surface area contributed by atoms with Gasteiger partial charge in [0.15, 0.2) is 5.82 Å². The first-order chi connectivity index (χ1) is 17.0. The average Bonchev–Trinajstić information content (AvgIpc) is 2.88. The number of urea groups is 1. The quantitative estimate of drug-likeness (QED) is 0.517. The summed E-state index contributed by atoms with van der Waals surface area (Å²) >= 11 is 0. The van der Waals surface area contributed by atoms with Crippen molar-refractivity contribution in [3.63, 3.8) is 0 Å². The predicted octanol–water partition coefficient (Wildman–Crippen LogP) is 2.73. The van der Waals surface area contributed by atoms with Crippen LogP contribution in [0.15, 0.2) is 48.5 Å². The summed E-state index contributed by atoms with van der Waals surface area (Å²) in [5.41, 5.74) is 8.18. The number of carbonyl (C=O) groups excluding carboxylic acids is 1. The van der Waals surface area contributed by atoms with E-state index in [2.05, 4.69) is 21.4 Å². The molecule has 2 aliphatic heterocycles. The molecule has 4 N–H and O–H groups in total. The number of benzene rings is 2. The van der Waals surface area contributed by atoms with Crippen molar-refractivity contribution in [2.45, 2.75) is 31.3 Å². The van der Waals surface area contributed by atoms with Gasteiger partial charge in [0.2, 0.25) is 11.9 Å². The average molecular weight is 478 g/mol. The number of fused-ring (bicyclic) bond motifs is 1. The van der Waals surface area contributed by atoms with Crippen molar-refractivity contribution in [3.05, 3.63) is 65.5 Å². The number of carbonyl (C=O) groups is 1. The van der Waals surface area contributed by atoms with E-state index >= 15 is 0 Å². The Hall–Kier alpha value is -3.79. The second kappa shape index (κ2) is 9.83. The van der Waals surface area contributed by atoms with E-state index in [0.29, 0.717) is 55.8 Å². The smallest absolute Gasteiger partial charge is 0.314 e. The van der Waals surface area contributed by atoms with Crippen LogP contribution in [0.1, 0.15) is 30.0 Å². The second-order valence-corrected chi connectivity index (χ2v) is 8.88. The number of hydrogen-bond donors (Lipinski definition) is 3. The van der Waals surface area contributed by atoms with Gasteiger partial charge in [-0.25, -0.2) is 9.18 Å². The number of anilines is 2. The van der Waals surface area contributed by atoms with Crippen molar-refractivity contribution in [2.75, 3.05) is 36.5 Å². The molecule has 2 amide bonds. The number of nitrogens with two attached hydrogens (primary N) is 1. The van der Waals surface area contributed by atoms with E-state index in [9.17, 15) is 14.3 Å². The van der Waals surface area contributed by atoms with Crippen molar-refractivity contribution in [3.8, 4) is 11.4 Å². The van der Waals surface area contributed by atoms with Crippen molar-refractivity contribution in [1.29, 1.82) is 0 Å². The third-order valence-corrected chi connectivity index (χ3v) is 6.69. The number of aliphatic hydroxyl groups is 1. The molecule has 0 bridgehead atoms. The molecule has 1 unspecified atom stereocenters. The topological polar surface area (TPSA) is 120 Å². The van der Waals surface area contributed by atoms with Crippen molar-refractivity contribution < 1.29 is 14.3 Å². The number of primary amides is 1. The van der Waals surface area contributed by atoms with Gasteiger partial charge in [-0.2, -0.15) is 15.0 Å². The number of halogens is 1. The molecule has 1 fully saturated rings. The van der Waals surface area contributed by atoms with E-state index in [0.717, 1.165) is 12.0 Å². The predicted molar refractivity (Wildman–Crippen MR) is 130 cm³/mol. The summed E-state index contributed by atoms with van der Waals surface area (Å²) in [6.45, 7) is 1.64. The number of likely N-dealkylation sites (tertiary alicyclic amines) is 1. The molecule has 10 heteroatoms. The molecular formula is C25H28FN7O2. The van der Waals surface area contributed by atoms with E-state index < -0.39 is 6.03 Å². The summed E-state index contributed by atoms with van der Waals surface area (Å²) in [6.07, 6.45) is 2.20. The number of aromatic nitrogens is 3. The SMILES string of the molecule is NC(=O)N1CCC(Nc2nc(-c3cccc(F)c3)nc(N3CCc4ccccc4C3CO)n2)CC1. The molecule has 1 atom stereocenters. The van der Waals surface area contributed by atoms with Crippen LogP contribution in [0.25, 0.3) is 11.4 Å². The highest BCUT2D eigenvalue weighted by molar-refractivity contribution is 5.72. The lowest BCUT2D eigenvalue weighted by Gasteiger charge is -2.36. The largest absolute Gasteiger partial charge is 0.394 e. The van der Waals surface area contributed by atoms with Gasteiger partial charge >= 0.3 is 6.03 Å². The molecular weight excluding hydrogens is 449 g/mol. The van der Waals surface area contributed by atoms with Gasteiger partial charge in [0, 0.05) is 31.2 Å². The molecule has 1 aromatic heterocycles. The van der Waals surface area contributed by atoms with Crippen molar-refractivity contribution in [2.24, 2.45) is 5.73 Å². The number of rotatable bonds is 5. The summed E-state index contributed by atoms with van der Waals surface area (Å²) in [7, 11) is 0. The van der Waals surface area contributed by atoms with Crippen LogP contribution in [-0.4, -0.2) is 63.3 Å². The zero-order valence-electron chi connectivity index (χ0n) is 19.3. The van der Waals surface area contributed by atoms with Gasteiger partial charge < -0.3 is 26.0 Å². The maximum absolute atomic E-state index is 14.0. The van der Waals surface area contributed by atoms with Gasteiger partial charge in [0.25, 0.3) is 0 Å². The molecule has 3 heterocycles. The second-order valence-electron chi connectivity index (χ2n) is 8.88. The summed E-state index contributed by atoms with van der Waals surface area (Å²) in [5.74, 6) is 0.771. The Kier molecular flexibility index (Phi) is 6.45. The number of aliphatic hydroxyl groups excluding tert-OH is 1. The molecule has 0 aliphatic carbocycles. The Bertz CT molecular complexity index is 1220. The molecule has 3 aromatic rings. The fourth-order valence-electron chi connectivity index (χ4n) is 4.83. The van der Waals surface area contributed by atoms with Gasteiger partial charge in [-0.15, -0.1) is 0 Å². The zero-order chi connectivity index (χ0) is 24.4. The Morgan fingerprint density at radius 1 is 1.09 bits per heavy atom. The molecule has 182 valence electrons. The van der Waals surface area contributed by atoms with E-state index in [1.54, 1.807) is 17.0 Å². The van der Waals surface area contributed by atoms with Gasteiger partial charge in [0.05, 0.1) is 12.6 Å². The molecule has 9 nitrogen and oxygen atoms in total. The van der Waals surface area contributed by atoms with Crippen LogP contribution in [-0.2, 0) is 6.42 Å². The normalized spacial score (nSPS) is 18.3. The van der Waals surface area contributed by atoms with Gasteiger partial charge in [-0.3, -0.25) is 0 Å². The number of nitrogens with zero attached hydrogens (tertiary/aromatic N) is 5. The van der Waals surface area contributed by atoms with Crippen LogP contribution in [0, 0.1) is 5.82 Å². The highest BCUT2D eigenvalue weighted by Gasteiger charge is 2.30. The number of nitrogens with one attached hydrogen (secondary N) is 1. The third-order valence-electron chi connectivity index (χ3n) is 6.69. The van der Waals surface area contributed by atoms with Crippen LogP contribution < -0.4 is 16.0 Å². The minimum atomic E-state index is -0.417. The highest BCUT2D eigenvalue weighted by Crippen LogP contribution is 2.33. The number of amides is 2. The Morgan fingerprint density at radius 2 is 1.89 bits per heavy atom. The molecule has 0 spiro atoms. The standard InChI is InChI=1S/C25H28FN7O2/c26-18-6-3-5-17(14-18)22-29-24(28-19-9-11-32(12-10-19)23(27)35)31-25(30-22)33-13-8-16-4-1-2-7-20(16)21(33)15-34/h1-7,14,19,21,34H,8-13,15H2,(H2,27,35)(H,28,29,30,31). The van der Waals surface area contributed by atoms with Crippen LogP contribution in [0.3, 0.4) is 0 Å². The van der Waals surface area contributed by atoms with E-state index in [4.69, 9.17) is 10.7 Å². The fourth-order valence-corrected chi connectivity index (χ4v) is 4.83. The minimum Gasteiger partial charge on any atom is -0.394 e. The van der Waals surface area contributed by atoms with Gasteiger partial charge in [-0.1, -0.05) is 36.4 Å². The Balaban J connectivity index is 1.49. The van der Waals surface area contributed by atoms with Crippen LogP contribution in [0.5, 0.6) is 0 Å². The van der Waals surface area contributed by atoms with Gasteiger partial charge in [0.1, 0.15) is 5.82 Å². The molecule has 2 aliphatic rings. The molecule has 35 heavy (non-hydrogen) atoms. The van der Waals surface area contributed by atoms with E-state index in [-0.39, 0.29) is 24.5 Å². The highest BCUT2D eigenvalue weighted by atomic mass is 19.1. The minimum absolute atomic E-state index is 0.0527. The van der Waals surface area contributed by atoms with Crippen molar-refractivity contribution in [1.82, 2.24) is 19.9 Å². The summed E-state index contributed by atoms with van der Waals surface area (Å²) in [5, 5.41) is 13.6.